The van der Waals surface area contributed by atoms with E-state index < -0.39 is 18.9 Å². The van der Waals surface area contributed by atoms with E-state index >= 15 is 0 Å². The highest BCUT2D eigenvalue weighted by molar-refractivity contribution is 6.03. The highest BCUT2D eigenvalue weighted by atomic mass is 19.4. The van der Waals surface area contributed by atoms with E-state index in [-0.39, 0.29) is 25.6 Å². The van der Waals surface area contributed by atoms with E-state index in [1.165, 1.54) is 18.2 Å². The first kappa shape index (κ1) is 34.8. The van der Waals surface area contributed by atoms with Crippen LogP contribution in [-0.4, -0.2) is 51.3 Å². The number of ether oxygens (including phenoxy) is 3. The van der Waals surface area contributed by atoms with Crippen molar-refractivity contribution < 1.29 is 32.2 Å². The lowest BCUT2D eigenvalue weighted by molar-refractivity contribution is -0.235. The fraction of sp³-hybridized carbons (Fsp3) is 0.500. The molecule has 7 nitrogen and oxygen atoms in total. The third kappa shape index (κ3) is 10.8. The number of benzene rings is 2. The Kier molecular flexibility index (Phi) is 14.6. The largest absolute Gasteiger partial charge is 0.497 e. The number of aliphatic imine (C=N–C) groups is 1. The van der Waals surface area contributed by atoms with Crippen molar-refractivity contribution in [2.45, 2.75) is 72.3 Å². The van der Waals surface area contributed by atoms with Crippen LogP contribution in [-0.2, 0) is 27.3 Å². The van der Waals surface area contributed by atoms with Crippen molar-refractivity contribution in [1.82, 2.24) is 5.32 Å². The van der Waals surface area contributed by atoms with Crippen LogP contribution in [0.15, 0.2) is 58.7 Å². The first-order valence-electron chi connectivity index (χ1n) is 14.3. The van der Waals surface area contributed by atoms with E-state index in [9.17, 15) is 18.0 Å². The summed E-state index contributed by atoms with van der Waals surface area (Å²) in [4.78, 5) is 15.6. The van der Waals surface area contributed by atoms with Gasteiger partial charge in [-0.3, -0.25) is 9.79 Å². The summed E-state index contributed by atoms with van der Waals surface area (Å²) in [6.07, 6.45) is -3.81. The number of halogens is 3. The number of rotatable bonds is 15. The molecule has 2 aromatic carbocycles. The fourth-order valence-corrected chi connectivity index (χ4v) is 4.59. The number of aryl methyl sites for hydroxylation is 2. The van der Waals surface area contributed by atoms with E-state index in [2.05, 4.69) is 11.4 Å². The van der Waals surface area contributed by atoms with Gasteiger partial charge >= 0.3 is 6.18 Å². The summed E-state index contributed by atoms with van der Waals surface area (Å²) in [7, 11) is 1.54. The summed E-state index contributed by atoms with van der Waals surface area (Å²) in [6.45, 7) is 7.47. The van der Waals surface area contributed by atoms with Crippen molar-refractivity contribution in [2.24, 2.45) is 16.6 Å². The van der Waals surface area contributed by atoms with Crippen molar-refractivity contribution in [2.75, 3.05) is 26.9 Å². The third-order valence-electron chi connectivity index (χ3n) is 7.00. The van der Waals surface area contributed by atoms with Crippen LogP contribution in [0.2, 0.25) is 0 Å². The summed E-state index contributed by atoms with van der Waals surface area (Å²) in [5, 5.41) is 2.61. The maximum Gasteiger partial charge on any atom is 0.416 e. The number of hydrogen-bond donors (Lipinski definition) is 2. The van der Waals surface area contributed by atoms with E-state index in [0.717, 1.165) is 35.4 Å². The molecule has 0 saturated heterocycles. The van der Waals surface area contributed by atoms with Gasteiger partial charge in [-0.15, -0.1) is 0 Å². The molecule has 3 N–H and O–H groups in total. The smallest absolute Gasteiger partial charge is 0.416 e. The predicted octanol–water partition coefficient (Wildman–Crippen LogP) is 6.59. The number of carbonyl (C=O) groups excluding carboxylic acids is 1. The number of nitrogens with two attached hydrogens (primary N) is 1. The van der Waals surface area contributed by atoms with Gasteiger partial charge in [-0.25, -0.2) is 0 Å². The highest BCUT2D eigenvalue weighted by Gasteiger charge is 2.41. The Morgan fingerprint density at radius 2 is 1.83 bits per heavy atom. The van der Waals surface area contributed by atoms with Gasteiger partial charge in [-0.2, -0.15) is 13.2 Å². The topological polar surface area (TPSA) is 95.2 Å². The van der Waals surface area contributed by atoms with Crippen LogP contribution in [0.5, 0.6) is 5.75 Å². The second-order valence-electron chi connectivity index (χ2n) is 9.88. The molecule has 1 aliphatic heterocycles. The molecule has 1 aliphatic rings. The molecule has 2 atom stereocenters. The molecule has 0 spiro atoms. The van der Waals surface area contributed by atoms with E-state index in [4.69, 9.17) is 24.9 Å². The Morgan fingerprint density at radius 1 is 1.12 bits per heavy atom. The minimum atomic E-state index is -4.59. The SMILES string of the molecule is CC.COc1ccc(COCC(OCCC(CCNC=O)/C(N)=C(\C)C2=Nc3ccc(C)cc3CC2)C(F)(F)F)cc1. The number of fused-ring (bicyclic) bond motifs is 1. The molecule has 0 aliphatic carbocycles. The van der Waals surface area contributed by atoms with Gasteiger partial charge in [0.15, 0.2) is 6.10 Å². The monoisotopic (exact) mass is 591 g/mol. The van der Waals surface area contributed by atoms with Gasteiger partial charge in [0.2, 0.25) is 6.41 Å². The molecule has 0 saturated carbocycles. The zero-order chi connectivity index (χ0) is 31.1. The third-order valence-corrected chi connectivity index (χ3v) is 7.00. The highest BCUT2D eigenvalue weighted by Crippen LogP contribution is 2.31. The van der Waals surface area contributed by atoms with Crippen LogP contribution in [0.1, 0.15) is 56.7 Å². The molecule has 3 rings (SSSR count). The first-order chi connectivity index (χ1) is 20.1. The molecular weight excluding hydrogens is 547 g/mol. The lowest BCUT2D eigenvalue weighted by Gasteiger charge is -2.25. The second-order valence-corrected chi connectivity index (χ2v) is 9.88. The molecule has 1 amide bonds. The molecule has 10 heteroatoms. The molecule has 0 radical (unpaired) electrons. The van der Waals surface area contributed by atoms with Crippen molar-refractivity contribution in [3.8, 4) is 5.75 Å². The average Bonchev–Trinajstić information content (AvgIpc) is 2.99. The maximum absolute atomic E-state index is 13.7. The normalized spacial score (nSPS) is 14.8. The van der Waals surface area contributed by atoms with Crippen LogP contribution in [0, 0.1) is 12.8 Å². The molecule has 2 unspecified atom stereocenters. The fourth-order valence-electron chi connectivity index (χ4n) is 4.59. The number of carbonyl (C=O) groups is 1. The summed E-state index contributed by atoms with van der Waals surface area (Å²) < 4.78 is 56.7. The number of allylic oxidation sites excluding steroid dienone is 2. The van der Waals surface area contributed by atoms with Gasteiger partial charge < -0.3 is 25.3 Å². The number of amides is 1. The zero-order valence-corrected chi connectivity index (χ0v) is 25.2. The van der Waals surface area contributed by atoms with E-state index in [1.807, 2.05) is 39.8 Å². The Labute approximate surface area is 247 Å². The van der Waals surface area contributed by atoms with Gasteiger partial charge in [0.1, 0.15) is 5.75 Å². The molecule has 1 heterocycles. The standard InChI is InChI=1S/C30H38F3N3O4.C2H6/c1-20-4-10-27-24(16-20)7-11-26(36-27)21(2)29(34)23(12-14-35-19-37)13-15-40-28(30(31,32)33)18-39-17-22-5-8-25(38-3)9-6-22;1-2/h4-6,8-10,16,19,23,28H,7,11-15,17-18,34H2,1-3H3,(H,35,37);1-2H3/b29-21-;. The number of alkyl halides is 3. The van der Waals surface area contributed by atoms with Gasteiger partial charge in [0, 0.05) is 30.5 Å². The van der Waals surface area contributed by atoms with E-state index in [1.54, 1.807) is 24.3 Å². The quantitative estimate of drug-likeness (QED) is 0.180. The molecule has 2 aromatic rings. The van der Waals surface area contributed by atoms with Crippen LogP contribution in [0.25, 0.3) is 0 Å². The Morgan fingerprint density at radius 3 is 2.48 bits per heavy atom. The summed E-state index contributed by atoms with van der Waals surface area (Å²) in [6, 6.07) is 13.0. The number of hydrogen-bond acceptors (Lipinski definition) is 6. The summed E-state index contributed by atoms with van der Waals surface area (Å²) >= 11 is 0. The predicted molar refractivity (Wildman–Crippen MR) is 160 cm³/mol. The first-order valence-corrected chi connectivity index (χ1v) is 14.3. The van der Waals surface area contributed by atoms with E-state index in [0.29, 0.717) is 30.8 Å². The van der Waals surface area contributed by atoms with Crippen LogP contribution in [0.4, 0.5) is 18.9 Å². The average molecular weight is 592 g/mol. The van der Waals surface area contributed by atoms with Gasteiger partial charge in [-0.05, 0) is 74.4 Å². The number of methoxy groups -OCH3 is 1. The Bertz CT molecular complexity index is 1180. The van der Waals surface area contributed by atoms with Crippen molar-refractivity contribution in [1.29, 1.82) is 0 Å². The van der Waals surface area contributed by atoms with Crippen LogP contribution >= 0.6 is 0 Å². The van der Waals surface area contributed by atoms with Crippen molar-refractivity contribution in [3.05, 3.63) is 70.4 Å². The minimum absolute atomic E-state index is 0.0135. The number of nitrogens with zero attached hydrogens (tertiary/aromatic N) is 1. The Balaban J connectivity index is 0.00000301. The second kappa shape index (κ2) is 17.6. The lowest BCUT2D eigenvalue weighted by atomic mass is 9.90. The minimum Gasteiger partial charge on any atom is -0.497 e. The molecular formula is C32H44F3N3O4. The maximum atomic E-state index is 13.7. The zero-order valence-electron chi connectivity index (χ0n) is 25.2. The van der Waals surface area contributed by atoms with Crippen molar-refractivity contribution in [3.63, 3.8) is 0 Å². The molecule has 0 aromatic heterocycles. The molecule has 42 heavy (non-hydrogen) atoms. The van der Waals surface area contributed by atoms with Gasteiger partial charge in [-0.1, -0.05) is 43.7 Å². The molecule has 0 bridgehead atoms. The lowest BCUT2D eigenvalue weighted by Crippen LogP contribution is -2.36. The Hall–Kier alpha value is -3.37. The van der Waals surface area contributed by atoms with Crippen molar-refractivity contribution >= 4 is 17.8 Å². The summed E-state index contributed by atoms with van der Waals surface area (Å²) in [5.41, 5.74) is 12.8. The van der Waals surface area contributed by atoms with Gasteiger partial charge in [0.25, 0.3) is 0 Å². The molecule has 232 valence electrons. The van der Waals surface area contributed by atoms with Gasteiger partial charge in [0.05, 0.1) is 26.0 Å². The summed E-state index contributed by atoms with van der Waals surface area (Å²) in [5.74, 6) is 0.348. The molecule has 0 fully saturated rings. The number of nitrogens with one attached hydrogen (secondary N) is 1. The van der Waals surface area contributed by atoms with Crippen LogP contribution in [0.3, 0.4) is 0 Å². The van der Waals surface area contributed by atoms with Crippen LogP contribution < -0.4 is 15.8 Å².